The fourth-order valence-electron chi connectivity index (χ4n) is 2.74. The molecule has 0 saturated carbocycles. The van der Waals surface area contributed by atoms with Crippen molar-refractivity contribution in [3.63, 3.8) is 0 Å². The van der Waals surface area contributed by atoms with Gasteiger partial charge in [0.2, 0.25) is 10.0 Å². The van der Waals surface area contributed by atoms with E-state index in [0.29, 0.717) is 29.1 Å². The van der Waals surface area contributed by atoms with Crippen molar-refractivity contribution >= 4 is 32.5 Å². The average molecular weight is 373 g/mol. The molecule has 0 atom stereocenters. The molecule has 0 spiro atoms. The largest absolute Gasteiger partial charge is 0.497 e. The lowest BCUT2D eigenvalue weighted by Crippen LogP contribution is -2.16. The highest BCUT2D eigenvalue weighted by atomic mass is 32.2. The molecule has 1 aromatic heterocycles. The first-order valence-corrected chi connectivity index (χ1v) is 9.50. The quantitative estimate of drug-likeness (QED) is 0.638. The number of aromatic nitrogens is 1. The number of nitrogens with two attached hydrogens (primary N) is 1. The van der Waals surface area contributed by atoms with E-state index in [1.54, 1.807) is 37.4 Å². The molecule has 1 amide bonds. The molecule has 0 radical (unpaired) electrons. The van der Waals surface area contributed by atoms with Gasteiger partial charge >= 0.3 is 0 Å². The molecule has 7 nitrogen and oxygen atoms in total. The SMILES string of the molecule is CCc1ccc(NC(=O)c2cc3ccc(OC)cc3[nH]2)cc1S(N)(=O)=O. The molecular formula is C18H19N3O4S. The van der Waals surface area contributed by atoms with Crippen molar-refractivity contribution in [1.82, 2.24) is 4.98 Å². The Bertz CT molecular complexity index is 1090. The van der Waals surface area contributed by atoms with Crippen molar-refractivity contribution in [2.75, 3.05) is 12.4 Å². The molecule has 0 aliphatic carbocycles. The van der Waals surface area contributed by atoms with E-state index >= 15 is 0 Å². The Kier molecular flexibility index (Phi) is 4.71. The molecule has 136 valence electrons. The van der Waals surface area contributed by atoms with E-state index in [1.807, 2.05) is 13.0 Å². The molecule has 0 aliphatic heterocycles. The fraction of sp³-hybridized carbons (Fsp3) is 0.167. The summed E-state index contributed by atoms with van der Waals surface area (Å²) in [6.07, 6.45) is 0.518. The van der Waals surface area contributed by atoms with E-state index < -0.39 is 10.0 Å². The second-order valence-electron chi connectivity index (χ2n) is 5.81. The van der Waals surface area contributed by atoms with Gasteiger partial charge in [-0.05, 0) is 42.3 Å². The highest BCUT2D eigenvalue weighted by Crippen LogP contribution is 2.23. The summed E-state index contributed by atoms with van der Waals surface area (Å²) < 4.78 is 28.7. The third-order valence-corrected chi connectivity index (χ3v) is 5.08. The van der Waals surface area contributed by atoms with Crippen LogP contribution in [-0.2, 0) is 16.4 Å². The van der Waals surface area contributed by atoms with Crippen molar-refractivity contribution < 1.29 is 17.9 Å². The maximum atomic E-state index is 12.5. The Morgan fingerprint density at radius 2 is 1.96 bits per heavy atom. The van der Waals surface area contributed by atoms with E-state index in [9.17, 15) is 13.2 Å². The second kappa shape index (κ2) is 6.81. The number of fused-ring (bicyclic) bond motifs is 1. The van der Waals surface area contributed by atoms with Gasteiger partial charge in [-0.15, -0.1) is 0 Å². The van der Waals surface area contributed by atoms with Gasteiger partial charge in [-0.3, -0.25) is 4.79 Å². The van der Waals surface area contributed by atoms with Crippen LogP contribution in [-0.4, -0.2) is 26.4 Å². The molecule has 4 N–H and O–H groups in total. The molecule has 0 bridgehead atoms. The first kappa shape index (κ1) is 18.0. The number of hydrogen-bond donors (Lipinski definition) is 3. The smallest absolute Gasteiger partial charge is 0.272 e. The predicted octanol–water partition coefficient (Wildman–Crippen LogP) is 2.64. The minimum absolute atomic E-state index is 0.0131. The summed E-state index contributed by atoms with van der Waals surface area (Å²) in [6.45, 7) is 1.83. The lowest BCUT2D eigenvalue weighted by Gasteiger charge is -2.09. The number of sulfonamides is 1. The van der Waals surface area contributed by atoms with Crippen molar-refractivity contribution in [3.05, 3.63) is 53.7 Å². The molecule has 0 aliphatic rings. The number of amides is 1. The Labute approximate surface area is 151 Å². The van der Waals surface area contributed by atoms with Gasteiger partial charge < -0.3 is 15.0 Å². The third-order valence-electron chi connectivity index (χ3n) is 4.09. The van der Waals surface area contributed by atoms with Crippen LogP contribution in [0.3, 0.4) is 0 Å². The van der Waals surface area contributed by atoms with Gasteiger partial charge in [0.1, 0.15) is 11.4 Å². The molecule has 3 rings (SSSR count). The number of anilines is 1. The number of aryl methyl sites for hydroxylation is 1. The van der Waals surface area contributed by atoms with Gasteiger partial charge in [0.05, 0.1) is 12.0 Å². The Hall–Kier alpha value is -2.84. The highest BCUT2D eigenvalue weighted by Gasteiger charge is 2.16. The standard InChI is InChI=1S/C18H19N3O4S/c1-3-11-4-6-13(9-17(11)26(19,23)24)20-18(22)16-8-12-5-7-14(25-2)10-15(12)21-16/h4-10,21H,3H2,1-2H3,(H,20,22)(H2,19,23,24). The number of carbonyl (C=O) groups is 1. The van der Waals surface area contributed by atoms with Crippen molar-refractivity contribution in [1.29, 1.82) is 0 Å². The van der Waals surface area contributed by atoms with Crippen LogP contribution in [0.2, 0.25) is 0 Å². The number of hydrogen-bond acceptors (Lipinski definition) is 4. The Morgan fingerprint density at radius 3 is 2.62 bits per heavy atom. The van der Waals surface area contributed by atoms with Crippen molar-refractivity contribution in [2.45, 2.75) is 18.2 Å². The molecule has 2 aromatic carbocycles. The average Bonchev–Trinajstić information content (AvgIpc) is 3.04. The molecule has 0 unspecified atom stereocenters. The molecule has 1 heterocycles. The monoisotopic (exact) mass is 373 g/mol. The minimum atomic E-state index is -3.87. The predicted molar refractivity (Wildman–Crippen MR) is 100.0 cm³/mol. The van der Waals surface area contributed by atoms with Crippen LogP contribution in [0.4, 0.5) is 5.69 Å². The van der Waals surface area contributed by atoms with Crippen LogP contribution >= 0.6 is 0 Å². The molecular weight excluding hydrogens is 354 g/mol. The molecule has 8 heteroatoms. The van der Waals surface area contributed by atoms with E-state index in [4.69, 9.17) is 9.88 Å². The topological polar surface area (TPSA) is 114 Å². The zero-order valence-electron chi connectivity index (χ0n) is 14.4. The minimum Gasteiger partial charge on any atom is -0.497 e. The number of nitrogens with one attached hydrogen (secondary N) is 2. The zero-order valence-corrected chi connectivity index (χ0v) is 15.2. The molecule has 3 aromatic rings. The van der Waals surface area contributed by atoms with Gasteiger partial charge in [0.15, 0.2) is 0 Å². The van der Waals surface area contributed by atoms with Gasteiger partial charge in [0, 0.05) is 22.7 Å². The van der Waals surface area contributed by atoms with E-state index in [1.165, 1.54) is 6.07 Å². The van der Waals surface area contributed by atoms with Gasteiger partial charge in [-0.25, -0.2) is 13.6 Å². The number of primary sulfonamides is 1. The van der Waals surface area contributed by atoms with E-state index in [2.05, 4.69) is 10.3 Å². The molecule has 0 fully saturated rings. The maximum Gasteiger partial charge on any atom is 0.272 e. The van der Waals surface area contributed by atoms with Crippen LogP contribution < -0.4 is 15.2 Å². The summed E-state index contributed by atoms with van der Waals surface area (Å²) in [5.74, 6) is 0.295. The lowest BCUT2D eigenvalue weighted by molar-refractivity contribution is 0.102. The van der Waals surface area contributed by atoms with Crippen LogP contribution in [0.25, 0.3) is 10.9 Å². The van der Waals surface area contributed by atoms with Gasteiger partial charge in [-0.2, -0.15) is 0 Å². The zero-order chi connectivity index (χ0) is 18.9. The summed E-state index contributed by atoms with van der Waals surface area (Å²) in [5.41, 5.74) is 2.07. The van der Waals surface area contributed by atoms with Crippen LogP contribution in [0.15, 0.2) is 47.4 Å². The van der Waals surface area contributed by atoms with Gasteiger partial charge in [-0.1, -0.05) is 13.0 Å². The normalized spacial score (nSPS) is 11.5. The Morgan fingerprint density at radius 1 is 1.19 bits per heavy atom. The molecule has 0 saturated heterocycles. The van der Waals surface area contributed by atoms with Crippen LogP contribution in [0.5, 0.6) is 5.75 Å². The maximum absolute atomic E-state index is 12.5. The van der Waals surface area contributed by atoms with Crippen LogP contribution in [0.1, 0.15) is 23.0 Å². The van der Waals surface area contributed by atoms with E-state index in [-0.39, 0.29) is 10.8 Å². The third kappa shape index (κ3) is 3.56. The summed E-state index contributed by atoms with van der Waals surface area (Å²) in [4.78, 5) is 15.5. The van der Waals surface area contributed by atoms with Gasteiger partial charge in [0.25, 0.3) is 5.91 Å². The van der Waals surface area contributed by atoms with Crippen molar-refractivity contribution in [2.24, 2.45) is 5.14 Å². The fourth-order valence-corrected chi connectivity index (χ4v) is 3.61. The number of H-pyrrole nitrogens is 1. The number of rotatable bonds is 5. The first-order valence-electron chi connectivity index (χ1n) is 7.95. The van der Waals surface area contributed by atoms with E-state index in [0.717, 1.165) is 10.9 Å². The number of aromatic amines is 1. The number of ether oxygens (including phenoxy) is 1. The molecule has 26 heavy (non-hydrogen) atoms. The Balaban J connectivity index is 1.90. The summed E-state index contributed by atoms with van der Waals surface area (Å²) in [7, 11) is -2.30. The number of benzene rings is 2. The second-order valence-corrected chi connectivity index (χ2v) is 7.34. The summed E-state index contributed by atoms with van der Waals surface area (Å²) in [6, 6.07) is 11.8. The summed E-state index contributed by atoms with van der Waals surface area (Å²) in [5, 5.41) is 8.82. The first-order chi connectivity index (χ1) is 12.3. The number of carbonyl (C=O) groups excluding carboxylic acids is 1. The lowest BCUT2D eigenvalue weighted by atomic mass is 10.1. The van der Waals surface area contributed by atoms with Crippen molar-refractivity contribution in [3.8, 4) is 5.75 Å². The summed E-state index contributed by atoms with van der Waals surface area (Å²) >= 11 is 0. The van der Waals surface area contributed by atoms with Crippen LogP contribution in [0, 0.1) is 0 Å². The highest BCUT2D eigenvalue weighted by molar-refractivity contribution is 7.89. The number of methoxy groups -OCH3 is 1.